The molecule has 0 aromatic heterocycles. The standard InChI is InChI=1S/C12H13BrN2O4/c1-5(12(16)17)6-2-7-4-9(13)10(14)11(15(18)19)8(7)3-6/h4-6H,2-3,14H2,1H3,(H,16,17). The Morgan fingerprint density at radius 2 is 2.26 bits per heavy atom. The van der Waals surface area contributed by atoms with Crippen LogP contribution in [0, 0.1) is 22.0 Å². The third kappa shape index (κ3) is 2.30. The summed E-state index contributed by atoms with van der Waals surface area (Å²) in [5, 5.41) is 20.2. The summed E-state index contributed by atoms with van der Waals surface area (Å²) in [6.07, 6.45) is 0.916. The van der Waals surface area contributed by atoms with Crippen LogP contribution in [-0.2, 0) is 17.6 Å². The summed E-state index contributed by atoms with van der Waals surface area (Å²) in [7, 11) is 0. The monoisotopic (exact) mass is 328 g/mol. The number of rotatable bonds is 3. The topological polar surface area (TPSA) is 106 Å². The zero-order chi connectivity index (χ0) is 14.3. The molecule has 2 atom stereocenters. The van der Waals surface area contributed by atoms with E-state index in [-0.39, 0.29) is 17.3 Å². The second-order valence-corrected chi connectivity index (χ2v) is 5.67. The minimum atomic E-state index is -0.882. The first-order valence-corrected chi connectivity index (χ1v) is 6.59. The van der Waals surface area contributed by atoms with Crippen molar-refractivity contribution in [3.8, 4) is 0 Å². The number of carbonyl (C=O) groups is 1. The summed E-state index contributed by atoms with van der Waals surface area (Å²) in [5.74, 6) is -1.54. The van der Waals surface area contributed by atoms with Gasteiger partial charge in [0.2, 0.25) is 0 Å². The summed E-state index contributed by atoms with van der Waals surface area (Å²) in [5.41, 5.74) is 7.13. The quantitative estimate of drug-likeness (QED) is 0.503. The minimum absolute atomic E-state index is 0.0931. The predicted octanol–water partition coefficient (Wildman–Crippen LogP) is 2.38. The van der Waals surface area contributed by atoms with Gasteiger partial charge in [-0.2, -0.15) is 0 Å². The Morgan fingerprint density at radius 1 is 1.63 bits per heavy atom. The van der Waals surface area contributed by atoms with Crippen LogP contribution in [0.4, 0.5) is 11.4 Å². The molecule has 19 heavy (non-hydrogen) atoms. The maximum atomic E-state index is 11.1. The SMILES string of the molecule is CC(C(=O)O)C1Cc2cc(Br)c(N)c([N+](=O)[O-])c2C1. The van der Waals surface area contributed by atoms with E-state index < -0.39 is 16.8 Å². The van der Waals surface area contributed by atoms with Crippen molar-refractivity contribution in [1.29, 1.82) is 0 Å². The normalized spacial score (nSPS) is 18.9. The number of nitro groups is 1. The van der Waals surface area contributed by atoms with Gasteiger partial charge >= 0.3 is 5.97 Å². The number of nitro benzene ring substituents is 1. The molecule has 1 aliphatic rings. The molecule has 0 heterocycles. The molecule has 0 spiro atoms. The molecule has 0 amide bonds. The molecule has 0 fully saturated rings. The number of benzene rings is 1. The second kappa shape index (κ2) is 4.80. The lowest BCUT2D eigenvalue weighted by Gasteiger charge is -2.13. The van der Waals surface area contributed by atoms with E-state index in [2.05, 4.69) is 15.9 Å². The van der Waals surface area contributed by atoms with Gasteiger partial charge in [-0.3, -0.25) is 14.9 Å². The van der Waals surface area contributed by atoms with Gasteiger partial charge in [-0.15, -0.1) is 0 Å². The molecule has 2 unspecified atom stereocenters. The van der Waals surface area contributed by atoms with Crippen LogP contribution in [0.25, 0.3) is 0 Å². The summed E-state index contributed by atoms with van der Waals surface area (Å²) in [6.45, 7) is 1.63. The van der Waals surface area contributed by atoms with Gasteiger partial charge < -0.3 is 10.8 Å². The van der Waals surface area contributed by atoms with Gasteiger partial charge in [-0.05, 0) is 46.3 Å². The van der Waals surface area contributed by atoms with Crippen LogP contribution in [0.2, 0.25) is 0 Å². The lowest BCUT2D eigenvalue weighted by atomic mass is 9.91. The Morgan fingerprint density at radius 3 is 2.79 bits per heavy atom. The van der Waals surface area contributed by atoms with Crippen LogP contribution in [0.1, 0.15) is 18.1 Å². The van der Waals surface area contributed by atoms with E-state index in [0.717, 1.165) is 5.56 Å². The van der Waals surface area contributed by atoms with E-state index in [1.807, 2.05) is 0 Å². The highest BCUT2D eigenvalue weighted by atomic mass is 79.9. The van der Waals surface area contributed by atoms with Crippen molar-refractivity contribution >= 4 is 33.3 Å². The molecule has 102 valence electrons. The first-order chi connectivity index (χ1) is 8.82. The van der Waals surface area contributed by atoms with Crippen LogP contribution < -0.4 is 5.73 Å². The average molecular weight is 329 g/mol. The molecule has 0 saturated carbocycles. The zero-order valence-corrected chi connectivity index (χ0v) is 11.8. The Balaban J connectivity index is 2.46. The van der Waals surface area contributed by atoms with Crippen LogP contribution in [0.15, 0.2) is 10.5 Å². The van der Waals surface area contributed by atoms with Crippen molar-refractivity contribution in [2.24, 2.45) is 11.8 Å². The van der Waals surface area contributed by atoms with E-state index in [4.69, 9.17) is 10.8 Å². The number of nitrogens with two attached hydrogens (primary N) is 1. The van der Waals surface area contributed by atoms with Crippen LogP contribution in [0.5, 0.6) is 0 Å². The molecule has 1 aromatic carbocycles. The van der Waals surface area contributed by atoms with E-state index in [1.165, 1.54) is 0 Å². The third-order valence-corrected chi connectivity index (χ3v) is 4.37. The number of carboxylic acids is 1. The van der Waals surface area contributed by atoms with Crippen LogP contribution >= 0.6 is 15.9 Å². The largest absolute Gasteiger partial charge is 0.481 e. The molecular formula is C12H13BrN2O4. The summed E-state index contributed by atoms with van der Waals surface area (Å²) in [6, 6.07) is 1.76. The van der Waals surface area contributed by atoms with Crippen molar-refractivity contribution in [1.82, 2.24) is 0 Å². The first-order valence-electron chi connectivity index (χ1n) is 5.79. The van der Waals surface area contributed by atoms with Crippen LogP contribution in [0.3, 0.4) is 0 Å². The number of nitrogens with zero attached hydrogens (tertiary/aromatic N) is 1. The Labute approximate surface area is 117 Å². The number of nitrogen functional groups attached to an aromatic ring is 1. The number of hydrogen-bond acceptors (Lipinski definition) is 4. The maximum absolute atomic E-state index is 11.1. The molecule has 0 radical (unpaired) electrons. The number of fused-ring (bicyclic) bond motifs is 1. The molecular weight excluding hydrogens is 316 g/mol. The zero-order valence-electron chi connectivity index (χ0n) is 10.2. The second-order valence-electron chi connectivity index (χ2n) is 4.81. The fourth-order valence-electron chi connectivity index (χ4n) is 2.54. The number of carboxylic acid groups (broad SMARTS) is 1. The molecule has 1 aliphatic carbocycles. The summed E-state index contributed by atoms with van der Waals surface area (Å²) >= 11 is 3.21. The van der Waals surface area contributed by atoms with E-state index >= 15 is 0 Å². The minimum Gasteiger partial charge on any atom is -0.481 e. The molecule has 0 bridgehead atoms. The van der Waals surface area contributed by atoms with E-state index in [9.17, 15) is 14.9 Å². The van der Waals surface area contributed by atoms with Crippen LogP contribution in [-0.4, -0.2) is 16.0 Å². The first kappa shape index (κ1) is 13.8. The van der Waals surface area contributed by atoms with Gasteiger partial charge in [-0.25, -0.2) is 0 Å². The van der Waals surface area contributed by atoms with Crippen molar-refractivity contribution in [2.75, 3.05) is 5.73 Å². The number of hydrogen-bond donors (Lipinski definition) is 2. The van der Waals surface area contributed by atoms with Gasteiger partial charge in [0.05, 0.1) is 10.8 Å². The van der Waals surface area contributed by atoms with Gasteiger partial charge in [0.25, 0.3) is 5.69 Å². The molecule has 1 aromatic rings. The van der Waals surface area contributed by atoms with Crippen molar-refractivity contribution in [3.05, 3.63) is 31.8 Å². The maximum Gasteiger partial charge on any atom is 0.306 e. The van der Waals surface area contributed by atoms with Crippen molar-refractivity contribution in [2.45, 2.75) is 19.8 Å². The van der Waals surface area contributed by atoms with Gasteiger partial charge in [0.1, 0.15) is 5.69 Å². The molecule has 7 heteroatoms. The lowest BCUT2D eigenvalue weighted by Crippen LogP contribution is -2.20. The number of aliphatic carboxylic acids is 1. The highest BCUT2D eigenvalue weighted by Gasteiger charge is 2.36. The highest BCUT2D eigenvalue weighted by Crippen LogP contribution is 2.43. The van der Waals surface area contributed by atoms with Crippen molar-refractivity contribution in [3.63, 3.8) is 0 Å². The molecule has 2 rings (SSSR count). The number of halogens is 1. The van der Waals surface area contributed by atoms with Gasteiger partial charge in [0.15, 0.2) is 0 Å². The Bertz CT molecular complexity index is 573. The van der Waals surface area contributed by atoms with Gasteiger partial charge in [0, 0.05) is 10.0 Å². The molecule has 0 saturated heterocycles. The predicted molar refractivity (Wildman–Crippen MR) is 72.9 cm³/mol. The van der Waals surface area contributed by atoms with Crippen molar-refractivity contribution < 1.29 is 14.8 Å². The molecule has 0 aliphatic heterocycles. The average Bonchev–Trinajstić information content (AvgIpc) is 2.71. The molecule has 6 nitrogen and oxygen atoms in total. The summed E-state index contributed by atoms with van der Waals surface area (Å²) < 4.78 is 0.488. The number of anilines is 1. The molecule has 3 N–H and O–H groups in total. The lowest BCUT2D eigenvalue weighted by molar-refractivity contribution is -0.384. The Kier molecular flexibility index (Phi) is 3.49. The van der Waals surface area contributed by atoms with E-state index in [0.29, 0.717) is 22.9 Å². The van der Waals surface area contributed by atoms with E-state index in [1.54, 1.807) is 13.0 Å². The fourth-order valence-corrected chi connectivity index (χ4v) is 3.00. The third-order valence-electron chi connectivity index (χ3n) is 3.71. The Hall–Kier alpha value is -1.63. The fraction of sp³-hybridized carbons (Fsp3) is 0.417. The van der Waals surface area contributed by atoms with Gasteiger partial charge in [-0.1, -0.05) is 6.92 Å². The summed E-state index contributed by atoms with van der Waals surface area (Å²) in [4.78, 5) is 21.7. The highest BCUT2D eigenvalue weighted by molar-refractivity contribution is 9.10. The smallest absolute Gasteiger partial charge is 0.306 e.